The molecular weight excluding hydrogens is 408 g/mol. The Morgan fingerprint density at radius 1 is 1.30 bits per heavy atom. The van der Waals surface area contributed by atoms with E-state index < -0.39 is 23.7 Å². The monoisotopic (exact) mass is 422 g/mol. The average Bonchev–Trinajstić information content (AvgIpc) is 2.57. The molecule has 1 aromatic carbocycles. The first-order valence-corrected chi connectivity index (χ1v) is 8.55. The van der Waals surface area contributed by atoms with Crippen LogP contribution < -0.4 is 10.2 Å². The van der Waals surface area contributed by atoms with Gasteiger partial charge < -0.3 is 10.4 Å². The fourth-order valence-corrected chi connectivity index (χ4v) is 2.45. The summed E-state index contributed by atoms with van der Waals surface area (Å²) in [5.41, 5.74) is -0.855. The van der Waals surface area contributed by atoms with E-state index in [9.17, 15) is 23.1 Å². The van der Waals surface area contributed by atoms with Crippen molar-refractivity contribution >= 4 is 46.7 Å². The molecule has 0 saturated heterocycles. The summed E-state index contributed by atoms with van der Waals surface area (Å²) in [4.78, 5) is 19.5. The molecule has 11 heteroatoms. The molecule has 0 atom stereocenters. The van der Waals surface area contributed by atoms with E-state index in [4.69, 9.17) is 23.2 Å². The molecule has 0 aliphatic rings. The molecule has 0 bridgehead atoms. The van der Waals surface area contributed by atoms with Crippen molar-refractivity contribution in [3.63, 3.8) is 0 Å². The van der Waals surface area contributed by atoms with E-state index in [2.05, 4.69) is 15.3 Å². The number of anilines is 3. The highest BCUT2D eigenvalue weighted by Crippen LogP contribution is 2.36. The lowest BCUT2D eigenvalue weighted by atomic mass is 10.2. The third kappa shape index (κ3) is 5.36. The number of halogens is 5. The van der Waals surface area contributed by atoms with Gasteiger partial charge in [0.2, 0.25) is 5.95 Å². The lowest BCUT2D eigenvalue weighted by Crippen LogP contribution is -2.33. The third-order valence-electron chi connectivity index (χ3n) is 3.47. The molecular formula is C16H15Cl2F3N4O2. The lowest BCUT2D eigenvalue weighted by Gasteiger charge is -2.22. The van der Waals surface area contributed by atoms with Gasteiger partial charge in [-0.15, -0.1) is 0 Å². The van der Waals surface area contributed by atoms with Crippen LogP contribution in [0.25, 0.3) is 0 Å². The minimum absolute atomic E-state index is 0.127. The van der Waals surface area contributed by atoms with E-state index in [1.165, 1.54) is 18.2 Å². The summed E-state index contributed by atoms with van der Waals surface area (Å²) in [6, 6.07) is 4.46. The Bertz CT molecular complexity index is 834. The van der Waals surface area contributed by atoms with E-state index in [-0.39, 0.29) is 17.5 Å². The molecule has 0 aliphatic carbocycles. The molecule has 0 spiro atoms. The van der Waals surface area contributed by atoms with Gasteiger partial charge in [0.05, 0.1) is 10.0 Å². The van der Waals surface area contributed by atoms with Crippen molar-refractivity contribution in [2.45, 2.75) is 25.9 Å². The number of benzene rings is 1. The van der Waals surface area contributed by atoms with Gasteiger partial charge in [0, 0.05) is 18.4 Å². The van der Waals surface area contributed by atoms with Crippen molar-refractivity contribution in [2.75, 3.05) is 16.8 Å². The van der Waals surface area contributed by atoms with Crippen LogP contribution >= 0.6 is 23.2 Å². The SMILES string of the molecule is CCCCN(C(=O)O)c1nc(Nc2ccc(Cl)c(Cl)c2)ncc1C(F)(F)F. The quantitative estimate of drug-likeness (QED) is 0.611. The first kappa shape index (κ1) is 21.0. The Kier molecular flexibility index (Phi) is 6.72. The van der Waals surface area contributed by atoms with Gasteiger partial charge in [-0.3, -0.25) is 4.90 Å². The van der Waals surface area contributed by atoms with Crippen molar-refractivity contribution in [2.24, 2.45) is 0 Å². The molecule has 2 N–H and O–H groups in total. The summed E-state index contributed by atoms with van der Waals surface area (Å²) in [6.07, 6.45) is -4.82. The average molecular weight is 423 g/mol. The molecule has 27 heavy (non-hydrogen) atoms. The number of alkyl halides is 3. The highest BCUT2D eigenvalue weighted by atomic mass is 35.5. The van der Waals surface area contributed by atoms with E-state index in [1.807, 2.05) is 0 Å². The van der Waals surface area contributed by atoms with Gasteiger partial charge in [-0.25, -0.2) is 9.78 Å². The molecule has 2 rings (SSSR count). The van der Waals surface area contributed by atoms with Crippen LogP contribution in [-0.2, 0) is 6.18 Å². The zero-order valence-corrected chi connectivity index (χ0v) is 15.5. The van der Waals surface area contributed by atoms with Crippen molar-refractivity contribution in [3.05, 3.63) is 40.0 Å². The van der Waals surface area contributed by atoms with Crippen molar-refractivity contribution in [3.8, 4) is 0 Å². The molecule has 0 radical (unpaired) electrons. The summed E-state index contributed by atoms with van der Waals surface area (Å²) in [5, 5.41) is 12.6. The van der Waals surface area contributed by atoms with E-state index in [0.29, 0.717) is 34.6 Å². The normalized spacial score (nSPS) is 11.3. The molecule has 0 saturated carbocycles. The Hall–Kier alpha value is -2.26. The van der Waals surface area contributed by atoms with Crippen LogP contribution in [0.4, 0.5) is 35.4 Å². The van der Waals surface area contributed by atoms with E-state index in [0.717, 1.165) is 0 Å². The van der Waals surface area contributed by atoms with Crippen LogP contribution in [-0.4, -0.2) is 27.7 Å². The Labute approximate surface area is 162 Å². The predicted octanol–water partition coefficient (Wildman–Crippen LogP) is 5.83. The summed E-state index contributed by atoms with van der Waals surface area (Å²) in [5.74, 6) is -0.944. The smallest absolute Gasteiger partial charge is 0.421 e. The minimum Gasteiger partial charge on any atom is -0.465 e. The predicted molar refractivity (Wildman–Crippen MR) is 97.1 cm³/mol. The summed E-state index contributed by atoms with van der Waals surface area (Å²) >= 11 is 11.7. The van der Waals surface area contributed by atoms with Crippen molar-refractivity contribution < 1.29 is 23.1 Å². The van der Waals surface area contributed by atoms with Gasteiger partial charge in [0.15, 0.2) is 5.82 Å². The van der Waals surface area contributed by atoms with Gasteiger partial charge in [-0.2, -0.15) is 18.2 Å². The molecule has 1 aromatic heterocycles. The first-order valence-electron chi connectivity index (χ1n) is 7.80. The second-order valence-corrected chi connectivity index (χ2v) is 6.28. The molecule has 1 amide bonds. The van der Waals surface area contributed by atoms with E-state index >= 15 is 0 Å². The van der Waals surface area contributed by atoms with Crippen LogP contribution in [0, 0.1) is 0 Å². The number of carbonyl (C=O) groups is 1. The summed E-state index contributed by atoms with van der Waals surface area (Å²) in [6.45, 7) is 1.67. The maximum Gasteiger partial charge on any atom is 0.421 e. The fraction of sp³-hybridized carbons (Fsp3) is 0.312. The highest BCUT2D eigenvalue weighted by Gasteiger charge is 2.38. The number of aromatic nitrogens is 2. The van der Waals surface area contributed by atoms with Crippen molar-refractivity contribution in [1.29, 1.82) is 0 Å². The molecule has 146 valence electrons. The minimum atomic E-state index is -4.81. The van der Waals surface area contributed by atoms with Gasteiger partial charge in [-0.1, -0.05) is 36.5 Å². The molecule has 1 heterocycles. The lowest BCUT2D eigenvalue weighted by molar-refractivity contribution is -0.137. The molecule has 0 aliphatic heterocycles. The van der Waals surface area contributed by atoms with Crippen LogP contribution in [0.3, 0.4) is 0 Å². The Morgan fingerprint density at radius 3 is 2.56 bits per heavy atom. The second kappa shape index (κ2) is 8.62. The molecule has 0 fully saturated rings. The van der Waals surface area contributed by atoms with Crippen LogP contribution in [0.5, 0.6) is 0 Å². The topological polar surface area (TPSA) is 78.4 Å². The van der Waals surface area contributed by atoms with Gasteiger partial charge >= 0.3 is 12.3 Å². The number of nitrogens with one attached hydrogen (secondary N) is 1. The van der Waals surface area contributed by atoms with E-state index in [1.54, 1.807) is 6.92 Å². The first-order chi connectivity index (χ1) is 12.6. The van der Waals surface area contributed by atoms with Gasteiger partial charge in [0.25, 0.3) is 0 Å². The number of hydrogen-bond donors (Lipinski definition) is 2. The largest absolute Gasteiger partial charge is 0.465 e. The van der Waals surface area contributed by atoms with Crippen LogP contribution in [0.1, 0.15) is 25.3 Å². The number of rotatable bonds is 6. The maximum absolute atomic E-state index is 13.3. The standard InChI is InChI=1S/C16H15Cl2F3N4O2/c1-2-3-6-25(15(26)27)13-10(16(19,20)21)8-22-14(24-13)23-9-4-5-11(17)12(18)7-9/h4-5,7-8H,2-3,6H2,1H3,(H,26,27)(H,22,23,24). The van der Waals surface area contributed by atoms with Crippen LogP contribution in [0.15, 0.2) is 24.4 Å². The number of carboxylic acid groups (broad SMARTS) is 1. The Morgan fingerprint density at radius 2 is 2.00 bits per heavy atom. The molecule has 6 nitrogen and oxygen atoms in total. The number of hydrogen-bond acceptors (Lipinski definition) is 4. The highest BCUT2D eigenvalue weighted by molar-refractivity contribution is 6.42. The number of amides is 1. The maximum atomic E-state index is 13.3. The van der Waals surface area contributed by atoms with Crippen LogP contribution in [0.2, 0.25) is 10.0 Å². The third-order valence-corrected chi connectivity index (χ3v) is 4.21. The zero-order valence-electron chi connectivity index (χ0n) is 14.0. The zero-order chi connectivity index (χ0) is 20.2. The second-order valence-electron chi connectivity index (χ2n) is 5.47. The molecule has 0 unspecified atom stereocenters. The molecule has 2 aromatic rings. The van der Waals surface area contributed by atoms with Crippen molar-refractivity contribution in [1.82, 2.24) is 9.97 Å². The van der Waals surface area contributed by atoms with Gasteiger partial charge in [0.1, 0.15) is 5.56 Å². The number of unbranched alkanes of at least 4 members (excludes halogenated alkanes) is 1. The Balaban J connectivity index is 2.46. The van der Waals surface area contributed by atoms with Gasteiger partial charge in [-0.05, 0) is 24.6 Å². The fourth-order valence-electron chi connectivity index (χ4n) is 2.15. The summed E-state index contributed by atoms with van der Waals surface area (Å²) < 4.78 is 39.9. The summed E-state index contributed by atoms with van der Waals surface area (Å²) in [7, 11) is 0. The number of nitrogens with zero attached hydrogens (tertiary/aromatic N) is 3.